The van der Waals surface area contributed by atoms with E-state index in [2.05, 4.69) is 20.3 Å². The summed E-state index contributed by atoms with van der Waals surface area (Å²) in [6.45, 7) is 0.0239. The Morgan fingerprint density at radius 1 is 0.886 bits per heavy atom. The van der Waals surface area contributed by atoms with Crippen LogP contribution in [0.3, 0.4) is 0 Å². The molecule has 1 amide bonds. The number of halogens is 3. The van der Waals surface area contributed by atoms with E-state index < -0.39 is 6.36 Å². The van der Waals surface area contributed by atoms with Gasteiger partial charge in [-0.2, -0.15) is 5.10 Å². The van der Waals surface area contributed by atoms with E-state index in [1.807, 2.05) is 36.4 Å². The van der Waals surface area contributed by atoms with Crippen molar-refractivity contribution in [3.63, 3.8) is 0 Å². The van der Waals surface area contributed by atoms with Crippen molar-refractivity contribution in [2.75, 3.05) is 5.32 Å². The summed E-state index contributed by atoms with van der Waals surface area (Å²) in [6, 6.07) is 23.8. The Morgan fingerprint density at radius 2 is 1.69 bits per heavy atom. The van der Waals surface area contributed by atoms with E-state index in [0.717, 1.165) is 10.8 Å². The van der Waals surface area contributed by atoms with Gasteiger partial charge in [0.15, 0.2) is 5.82 Å². The molecule has 0 spiro atoms. The van der Waals surface area contributed by atoms with Gasteiger partial charge < -0.3 is 14.8 Å². The monoisotopic (exact) mass is 477 g/mol. The number of benzene rings is 4. The van der Waals surface area contributed by atoms with Gasteiger partial charge in [0.2, 0.25) is 0 Å². The summed E-state index contributed by atoms with van der Waals surface area (Å²) in [6.07, 6.45) is -4.77. The first-order valence-corrected chi connectivity index (χ1v) is 10.6. The van der Waals surface area contributed by atoms with Crippen LogP contribution < -0.4 is 14.8 Å². The Hall–Kier alpha value is -4.53. The molecule has 1 heterocycles. The maximum atomic E-state index is 13.0. The minimum absolute atomic E-state index is 0.0239. The number of alkyl halides is 3. The maximum Gasteiger partial charge on any atom is 0.573 e. The fourth-order valence-corrected chi connectivity index (χ4v) is 3.78. The van der Waals surface area contributed by atoms with E-state index in [1.54, 1.807) is 30.3 Å². The zero-order valence-electron chi connectivity index (χ0n) is 18.1. The summed E-state index contributed by atoms with van der Waals surface area (Å²) < 4.78 is 47.1. The Kier molecular flexibility index (Phi) is 5.74. The molecule has 0 aliphatic heterocycles. The first-order chi connectivity index (χ1) is 16.9. The van der Waals surface area contributed by atoms with Crippen LogP contribution in [-0.4, -0.2) is 22.5 Å². The second-order valence-corrected chi connectivity index (χ2v) is 7.74. The van der Waals surface area contributed by atoms with E-state index in [1.165, 1.54) is 18.2 Å². The van der Waals surface area contributed by atoms with Crippen LogP contribution in [-0.2, 0) is 6.61 Å². The lowest BCUT2D eigenvalue weighted by Crippen LogP contribution is -2.17. The van der Waals surface area contributed by atoms with Gasteiger partial charge in [-0.1, -0.05) is 48.5 Å². The largest absolute Gasteiger partial charge is 0.573 e. The van der Waals surface area contributed by atoms with Crippen molar-refractivity contribution < 1.29 is 27.4 Å². The molecule has 176 valence electrons. The smallest absolute Gasteiger partial charge is 0.489 e. The summed E-state index contributed by atoms with van der Waals surface area (Å²) >= 11 is 0. The second-order valence-electron chi connectivity index (χ2n) is 7.74. The van der Waals surface area contributed by atoms with Crippen molar-refractivity contribution >= 4 is 33.4 Å². The van der Waals surface area contributed by atoms with Gasteiger partial charge >= 0.3 is 6.36 Å². The second kappa shape index (κ2) is 9.02. The predicted molar refractivity (Wildman–Crippen MR) is 125 cm³/mol. The van der Waals surface area contributed by atoms with Crippen LogP contribution in [0, 0.1) is 0 Å². The summed E-state index contributed by atoms with van der Waals surface area (Å²) in [5.41, 5.74) is 1.71. The highest BCUT2D eigenvalue weighted by Crippen LogP contribution is 2.28. The lowest BCUT2D eigenvalue weighted by atomic mass is 10.0. The number of aromatic amines is 1. The molecule has 35 heavy (non-hydrogen) atoms. The molecule has 0 unspecified atom stereocenters. The minimum Gasteiger partial charge on any atom is -0.489 e. The number of hydrogen-bond donors (Lipinski definition) is 2. The van der Waals surface area contributed by atoms with Crippen LogP contribution >= 0.6 is 0 Å². The molecule has 0 saturated carbocycles. The highest BCUT2D eigenvalue weighted by Gasteiger charge is 2.31. The molecular formula is C26H18F3N3O3. The molecule has 4 aromatic carbocycles. The Bertz CT molecular complexity index is 1520. The van der Waals surface area contributed by atoms with Crippen molar-refractivity contribution in [1.29, 1.82) is 0 Å². The van der Waals surface area contributed by atoms with Crippen LogP contribution in [0.2, 0.25) is 0 Å². The fourth-order valence-electron chi connectivity index (χ4n) is 3.78. The molecule has 5 aromatic rings. The fraction of sp³-hybridized carbons (Fsp3) is 0.0769. The third-order valence-electron chi connectivity index (χ3n) is 5.34. The number of amides is 1. The van der Waals surface area contributed by atoms with Gasteiger partial charge in [0.25, 0.3) is 5.91 Å². The topological polar surface area (TPSA) is 76.2 Å². The molecule has 0 aliphatic rings. The summed E-state index contributed by atoms with van der Waals surface area (Å²) in [5.74, 6) is 0.177. The van der Waals surface area contributed by atoms with Gasteiger partial charge in [-0.05, 0) is 52.7 Å². The quantitative estimate of drug-likeness (QED) is 0.295. The molecule has 9 heteroatoms. The molecule has 0 fully saturated rings. The van der Waals surface area contributed by atoms with Gasteiger partial charge in [-0.3, -0.25) is 9.89 Å². The van der Waals surface area contributed by atoms with Crippen LogP contribution in [0.25, 0.3) is 21.7 Å². The number of aromatic nitrogens is 2. The van der Waals surface area contributed by atoms with E-state index in [4.69, 9.17) is 4.74 Å². The number of nitrogens with zero attached hydrogens (tertiary/aromatic N) is 1. The first kappa shape index (κ1) is 22.3. The third kappa shape index (κ3) is 5.03. The van der Waals surface area contributed by atoms with E-state index in [9.17, 15) is 18.0 Å². The standard InChI is InChI=1S/C26H18F3N3O3/c27-26(28,29)35-19-8-3-5-16(13-19)15-34-18-11-12-23-22(14-18)24(32-31-23)30-25(33)21-10-4-7-17-6-1-2-9-20(17)21/h1-14H,15H2,(H2,30,31,32,33). The van der Waals surface area contributed by atoms with Crippen molar-refractivity contribution in [2.45, 2.75) is 13.0 Å². The Balaban J connectivity index is 1.34. The summed E-state index contributed by atoms with van der Waals surface area (Å²) in [5, 5.41) is 12.3. The van der Waals surface area contributed by atoms with Gasteiger partial charge in [-0.25, -0.2) is 0 Å². The highest BCUT2D eigenvalue weighted by molar-refractivity contribution is 6.14. The number of anilines is 1. The third-order valence-corrected chi connectivity index (χ3v) is 5.34. The molecule has 0 saturated heterocycles. The number of ether oxygens (including phenoxy) is 2. The molecular weight excluding hydrogens is 459 g/mol. The van der Waals surface area contributed by atoms with E-state index in [-0.39, 0.29) is 18.3 Å². The van der Waals surface area contributed by atoms with Crippen molar-refractivity contribution in [3.05, 3.63) is 96.1 Å². The molecule has 0 bridgehead atoms. The van der Waals surface area contributed by atoms with Crippen LogP contribution in [0.5, 0.6) is 11.5 Å². The van der Waals surface area contributed by atoms with Crippen molar-refractivity contribution in [3.8, 4) is 11.5 Å². The molecule has 1 aromatic heterocycles. The van der Waals surface area contributed by atoms with Gasteiger partial charge in [-0.15, -0.1) is 13.2 Å². The first-order valence-electron chi connectivity index (χ1n) is 10.6. The molecule has 6 nitrogen and oxygen atoms in total. The number of fused-ring (bicyclic) bond motifs is 2. The van der Waals surface area contributed by atoms with Gasteiger partial charge in [0, 0.05) is 10.9 Å². The zero-order valence-corrected chi connectivity index (χ0v) is 18.1. The van der Waals surface area contributed by atoms with Gasteiger partial charge in [0.1, 0.15) is 18.1 Å². The van der Waals surface area contributed by atoms with E-state index in [0.29, 0.717) is 33.6 Å². The van der Waals surface area contributed by atoms with Crippen molar-refractivity contribution in [2.24, 2.45) is 0 Å². The minimum atomic E-state index is -4.77. The molecule has 0 atom stereocenters. The number of carbonyl (C=O) groups excluding carboxylic acids is 1. The Labute approximate surface area is 197 Å². The van der Waals surface area contributed by atoms with Crippen molar-refractivity contribution in [1.82, 2.24) is 10.2 Å². The van der Waals surface area contributed by atoms with Gasteiger partial charge in [0.05, 0.1) is 5.52 Å². The van der Waals surface area contributed by atoms with Crippen LogP contribution in [0.15, 0.2) is 84.9 Å². The number of rotatable bonds is 6. The number of H-pyrrole nitrogens is 1. The Morgan fingerprint density at radius 3 is 2.54 bits per heavy atom. The molecule has 0 radical (unpaired) electrons. The zero-order chi connectivity index (χ0) is 24.4. The molecule has 5 rings (SSSR count). The summed E-state index contributed by atoms with van der Waals surface area (Å²) in [4.78, 5) is 13.0. The number of carbonyl (C=O) groups is 1. The summed E-state index contributed by atoms with van der Waals surface area (Å²) in [7, 11) is 0. The predicted octanol–water partition coefficient (Wildman–Crippen LogP) is 6.45. The normalized spacial score (nSPS) is 11.5. The number of nitrogens with one attached hydrogen (secondary N) is 2. The van der Waals surface area contributed by atoms with Crippen LogP contribution in [0.1, 0.15) is 15.9 Å². The highest BCUT2D eigenvalue weighted by atomic mass is 19.4. The lowest BCUT2D eigenvalue weighted by molar-refractivity contribution is -0.274. The molecule has 2 N–H and O–H groups in total. The average Bonchev–Trinajstić information content (AvgIpc) is 3.23. The average molecular weight is 477 g/mol. The number of hydrogen-bond acceptors (Lipinski definition) is 4. The maximum absolute atomic E-state index is 13.0. The SMILES string of the molecule is O=C(Nc1n[nH]c2ccc(OCc3cccc(OC(F)(F)F)c3)cc12)c1cccc2ccccc12. The van der Waals surface area contributed by atoms with Crippen LogP contribution in [0.4, 0.5) is 19.0 Å². The molecule has 0 aliphatic carbocycles. The van der Waals surface area contributed by atoms with E-state index >= 15 is 0 Å². The lowest BCUT2D eigenvalue weighted by Gasteiger charge is -2.11.